The Morgan fingerprint density at radius 3 is 2.65 bits per heavy atom. The number of nitrogens with one attached hydrogen (secondary N) is 1. The molecule has 0 radical (unpaired) electrons. The van der Waals surface area contributed by atoms with Gasteiger partial charge in [0.15, 0.2) is 0 Å². The second kappa shape index (κ2) is 4.83. The lowest BCUT2D eigenvalue weighted by molar-refractivity contribution is -0.155. The summed E-state index contributed by atoms with van der Waals surface area (Å²) in [6, 6.07) is -0.0728. The SMILES string of the molecule is CC(N)CCC(=O)N1CC(=O)NC(=O)C1(C)C. The lowest BCUT2D eigenvalue weighted by atomic mass is 9.97. The lowest BCUT2D eigenvalue weighted by Gasteiger charge is -2.40. The first-order chi connectivity index (χ1) is 7.75. The largest absolute Gasteiger partial charge is 0.328 e. The second-order valence-electron chi connectivity index (χ2n) is 4.93. The summed E-state index contributed by atoms with van der Waals surface area (Å²) in [5, 5.41) is 2.22. The van der Waals surface area contributed by atoms with Crippen molar-refractivity contribution >= 4 is 17.7 Å². The highest BCUT2D eigenvalue weighted by Crippen LogP contribution is 2.19. The molecule has 0 aromatic heterocycles. The van der Waals surface area contributed by atoms with Crippen molar-refractivity contribution in [3.8, 4) is 0 Å². The summed E-state index contributed by atoms with van der Waals surface area (Å²) in [6.45, 7) is 4.99. The Bertz CT molecular complexity index is 350. The maximum Gasteiger partial charge on any atom is 0.252 e. The molecule has 1 aliphatic rings. The topological polar surface area (TPSA) is 92.5 Å². The maximum atomic E-state index is 11.9. The van der Waals surface area contributed by atoms with Crippen LogP contribution in [0.15, 0.2) is 0 Å². The highest BCUT2D eigenvalue weighted by atomic mass is 16.2. The first-order valence-corrected chi connectivity index (χ1v) is 5.65. The monoisotopic (exact) mass is 241 g/mol. The van der Waals surface area contributed by atoms with Crippen LogP contribution in [-0.4, -0.2) is 40.7 Å². The fourth-order valence-corrected chi connectivity index (χ4v) is 1.67. The quantitative estimate of drug-likeness (QED) is 0.644. The minimum absolute atomic E-state index is 0.0728. The summed E-state index contributed by atoms with van der Waals surface area (Å²) in [4.78, 5) is 36.2. The van der Waals surface area contributed by atoms with Gasteiger partial charge in [0.25, 0.3) is 5.91 Å². The molecule has 6 nitrogen and oxygen atoms in total. The van der Waals surface area contributed by atoms with Gasteiger partial charge in [-0.2, -0.15) is 0 Å². The average Bonchev–Trinajstić information content (AvgIpc) is 2.20. The molecule has 0 bridgehead atoms. The molecule has 0 aliphatic carbocycles. The molecule has 1 unspecified atom stereocenters. The number of rotatable bonds is 3. The van der Waals surface area contributed by atoms with E-state index in [4.69, 9.17) is 5.73 Å². The number of hydrogen-bond acceptors (Lipinski definition) is 4. The molecule has 3 amide bonds. The van der Waals surface area contributed by atoms with E-state index in [0.29, 0.717) is 6.42 Å². The summed E-state index contributed by atoms with van der Waals surface area (Å²) in [5.41, 5.74) is 4.59. The fourth-order valence-electron chi connectivity index (χ4n) is 1.67. The van der Waals surface area contributed by atoms with E-state index >= 15 is 0 Å². The lowest BCUT2D eigenvalue weighted by Crippen LogP contribution is -2.65. The maximum absolute atomic E-state index is 11.9. The van der Waals surface area contributed by atoms with E-state index in [2.05, 4.69) is 5.32 Å². The fraction of sp³-hybridized carbons (Fsp3) is 0.727. The minimum Gasteiger partial charge on any atom is -0.328 e. The van der Waals surface area contributed by atoms with Crippen molar-refractivity contribution in [2.75, 3.05) is 6.54 Å². The molecule has 0 saturated carbocycles. The van der Waals surface area contributed by atoms with Gasteiger partial charge >= 0.3 is 0 Å². The molecule has 1 fully saturated rings. The van der Waals surface area contributed by atoms with Crippen LogP contribution in [0.3, 0.4) is 0 Å². The van der Waals surface area contributed by atoms with Crippen LogP contribution < -0.4 is 11.1 Å². The van der Waals surface area contributed by atoms with E-state index in [1.165, 1.54) is 4.90 Å². The van der Waals surface area contributed by atoms with Crippen LogP contribution in [0.4, 0.5) is 0 Å². The van der Waals surface area contributed by atoms with Crippen molar-refractivity contribution in [3.05, 3.63) is 0 Å². The average molecular weight is 241 g/mol. The number of nitrogens with zero attached hydrogens (tertiary/aromatic N) is 1. The Balaban J connectivity index is 2.76. The molecule has 1 saturated heterocycles. The molecule has 96 valence electrons. The van der Waals surface area contributed by atoms with E-state index in [-0.39, 0.29) is 24.9 Å². The highest BCUT2D eigenvalue weighted by molar-refractivity contribution is 6.06. The molecule has 1 heterocycles. The first-order valence-electron chi connectivity index (χ1n) is 5.65. The Kier molecular flexibility index (Phi) is 3.87. The number of imide groups is 1. The van der Waals surface area contributed by atoms with Gasteiger partial charge < -0.3 is 10.6 Å². The molecule has 6 heteroatoms. The van der Waals surface area contributed by atoms with Crippen molar-refractivity contribution in [1.82, 2.24) is 10.2 Å². The summed E-state index contributed by atoms with van der Waals surface area (Å²) in [5.74, 6) is -1.10. The predicted octanol–water partition coefficient (Wildman–Crippen LogP) is -0.623. The normalized spacial score (nSPS) is 21.1. The molecular weight excluding hydrogens is 222 g/mol. The van der Waals surface area contributed by atoms with Crippen molar-refractivity contribution in [1.29, 1.82) is 0 Å². The van der Waals surface area contributed by atoms with Gasteiger partial charge in [0.1, 0.15) is 12.1 Å². The summed E-state index contributed by atoms with van der Waals surface area (Å²) in [7, 11) is 0. The van der Waals surface area contributed by atoms with E-state index < -0.39 is 17.4 Å². The van der Waals surface area contributed by atoms with Gasteiger partial charge in [0.05, 0.1) is 0 Å². The van der Waals surface area contributed by atoms with Gasteiger partial charge in [-0.25, -0.2) is 0 Å². The summed E-state index contributed by atoms with van der Waals surface area (Å²) in [6.07, 6.45) is 0.795. The van der Waals surface area contributed by atoms with Gasteiger partial charge in [0, 0.05) is 12.5 Å². The molecule has 1 rings (SSSR count). The number of carbonyl (C=O) groups is 3. The molecule has 17 heavy (non-hydrogen) atoms. The van der Waals surface area contributed by atoms with E-state index in [1.54, 1.807) is 13.8 Å². The van der Waals surface area contributed by atoms with Gasteiger partial charge in [-0.15, -0.1) is 0 Å². The van der Waals surface area contributed by atoms with Crippen LogP contribution in [0.2, 0.25) is 0 Å². The predicted molar refractivity (Wildman–Crippen MR) is 61.8 cm³/mol. The number of carbonyl (C=O) groups excluding carboxylic acids is 3. The third kappa shape index (κ3) is 3.03. The molecule has 0 aromatic rings. The third-order valence-electron chi connectivity index (χ3n) is 2.90. The van der Waals surface area contributed by atoms with Crippen molar-refractivity contribution in [2.24, 2.45) is 5.73 Å². The zero-order chi connectivity index (χ0) is 13.2. The van der Waals surface area contributed by atoms with Crippen molar-refractivity contribution in [3.63, 3.8) is 0 Å². The van der Waals surface area contributed by atoms with E-state index in [1.807, 2.05) is 6.92 Å². The minimum atomic E-state index is -0.983. The third-order valence-corrected chi connectivity index (χ3v) is 2.90. The van der Waals surface area contributed by atoms with Crippen LogP contribution in [0.1, 0.15) is 33.6 Å². The number of hydrogen-bond donors (Lipinski definition) is 2. The summed E-state index contributed by atoms with van der Waals surface area (Å²) < 4.78 is 0. The first kappa shape index (κ1) is 13.6. The highest BCUT2D eigenvalue weighted by Gasteiger charge is 2.43. The molecule has 0 spiro atoms. The number of amides is 3. The molecule has 1 aliphatic heterocycles. The van der Waals surface area contributed by atoms with Crippen LogP contribution in [0.5, 0.6) is 0 Å². The Morgan fingerprint density at radius 2 is 2.12 bits per heavy atom. The van der Waals surface area contributed by atoms with Gasteiger partial charge in [-0.05, 0) is 27.2 Å². The van der Waals surface area contributed by atoms with Crippen LogP contribution in [0, 0.1) is 0 Å². The zero-order valence-corrected chi connectivity index (χ0v) is 10.4. The Hall–Kier alpha value is -1.43. The molecule has 1 atom stereocenters. The standard InChI is InChI=1S/C11H19N3O3/c1-7(12)4-5-9(16)14-6-8(15)13-10(17)11(14,2)3/h7H,4-6,12H2,1-3H3,(H,13,15,17). The molecular formula is C11H19N3O3. The smallest absolute Gasteiger partial charge is 0.252 e. The van der Waals surface area contributed by atoms with Gasteiger partial charge in [-0.3, -0.25) is 19.7 Å². The van der Waals surface area contributed by atoms with Crippen molar-refractivity contribution in [2.45, 2.75) is 45.2 Å². The number of nitrogens with two attached hydrogens (primary N) is 1. The van der Waals surface area contributed by atoms with Crippen LogP contribution >= 0.6 is 0 Å². The Labute approximate surface area is 101 Å². The van der Waals surface area contributed by atoms with E-state index in [9.17, 15) is 14.4 Å². The number of piperazine rings is 1. The van der Waals surface area contributed by atoms with Crippen molar-refractivity contribution < 1.29 is 14.4 Å². The summed E-state index contributed by atoms with van der Waals surface area (Å²) >= 11 is 0. The van der Waals surface area contributed by atoms with Crippen LogP contribution in [-0.2, 0) is 14.4 Å². The van der Waals surface area contributed by atoms with Crippen LogP contribution in [0.25, 0.3) is 0 Å². The molecule has 3 N–H and O–H groups in total. The van der Waals surface area contributed by atoms with E-state index in [0.717, 1.165) is 0 Å². The van der Waals surface area contributed by atoms with Gasteiger partial charge in [0.2, 0.25) is 11.8 Å². The zero-order valence-electron chi connectivity index (χ0n) is 10.4. The molecule has 0 aromatic carbocycles. The Morgan fingerprint density at radius 1 is 1.53 bits per heavy atom. The van der Waals surface area contributed by atoms with Gasteiger partial charge in [-0.1, -0.05) is 0 Å². The second-order valence-corrected chi connectivity index (χ2v) is 4.93.